The quantitative estimate of drug-likeness (QED) is 0.650. The molecule has 0 unspecified atom stereocenters. The molecular formula is C12H19N2O5. The van der Waals surface area contributed by atoms with Gasteiger partial charge in [0.05, 0.1) is 26.3 Å². The maximum atomic E-state index is 12.0. The predicted octanol–water partition coefficient (Wildman–Crippen LogP) is -0.411. The Kier molecular flexibility index (Phi) is 6.31. The van der Waals surface area contributed by atoms with Gasteiger partial charge in [0.25, 0.3) is 5.56 Å². The molecule has 0 aliphatic carbocycles. The molecule has 1 radical (unpaired) electrons. The molecule has 107 valence electrons. The molecule has 19 heavy (non-hydrogen) atoms. The Morgan fingerprint density at radius 3 is 2.11 bits per heavy atom. The molecule has 1 aromatic heterocycles. The minimum Gasteiger partial charge on any atom is -0.494 e. The third-order valence-electron chi connectivity index (χ3n) is 2.51. The second-order valence-corrected chi connectivity index (χ2v) is 3.73. The second kappa shape index (κ2) is 7.75. The van der Waals surface area contributed by atoms with Crippen molar-refractivity contribution in [3.63, 3.8) is 0 Å². The number of hydrogen-bond donors (Lipinski definition) is 1. The molecule has 1 N–H and O–H groups in total. The van der Waals surface area contributed by atoms with E-state index in [0.29, 0.717) is 13.2 Å². The summed E-state index contributed by atoms with van der Waals surface area (Å²) in [6.45, 7) is 5.53. The minimum atomic E-state index is -0.658. The molecule has 0 aromatic carbocycles. The lowest BCUT2D eigenvalue weighted by Gasteiger charge is -2.11. The fourth-order valence-corrected chi connectivity index (χ4v) is 1.55. The van der Waals surface area contributed by atoms with E-state index in [1.807, 2.05) is 13.8 Å². The van der Waals surface area contributed by atoms with Gasteiger partial charge in [-0.15, -0.1) is 0 Å². The Hall–Kier alpha value is -1.60. The Morgan fingerprint density at radius 1 is 1.05 bits per heavy atom. The number of hydrogen-bond acceptors (Lipinski definition) is 5. The van der Waals surface area contributed by atoms with Crippen LogP contribution in [0.1, 0.15) is 13.8 Å². The molecule has 0 fully saturated rings. The van der Waals surface area contributed by atoms with Gasteiger partial charge in [-0.2, -0.15) is 0 Å². The first kappa shape index (κ1) is 15.5. The normalized spacial score (nSPS) is 10.8. The van der Waals surface area contributed by atoms with E-state index in [0.717, 1.165) is 9.13 Å². The molecule has 0 amide bonds. The third kappa shape index (κ3) is 4.22. The van der Waals surface area contributed by atoms with Crippen LogP contribution >= 0.6 is 0 Å². The molecule has 0 saturated heterocycles. The molecule has 1 heterocycles. The maximum Gasteiger partial charge on any atom is 0.333 e. The summed E-state index contributed by atoms with van der Waals surface area (Å²) in [6, 6.07) is 2.22. The molecule has 1 rings (SSSR count). The van der Waals surface area contributed by atoms with E-state index in [1.54, 1.807) is 0 Å². The molecule has 7 heteroatoms. The van der Waals surface area contributed by atoms with Crippen LogP contribution in [-0.2, 0) is 22.6 Å². The van der Waals surface area contributed by atoms with Crippen molar-refractivity contribution in [2.24, 2.45) is 0 Å². The van der Waals surface area contributed by atoms with E-state index in [2.05, 4.69) is 6.07 Å². The van der Waals surface area contributed by atoms with Gasteiger partial charge in [0.2, 0.25) is 5.88 Å². The van der Waals surface area contributed by atoms with E-state index >= 15 is 0 Å². The van der Waals surface area contributed by atoms with Crippen molar-refractivity contribution in [3.05, 3.63) is 26.9 Å². The lowest BCUT2D eigenvalue weighted by atomic mass is 10.5. The van der Waals surface area contributed by atoms with Crippen molar-refractivity contribution in [2.45, 2.75) is 26.9 Å². The van der Waals surface area contributed by atoms with E-state index in [4.69, 9.17) is 9.47 Å². The fourth-order valence-electron chi connectivity index (χ4n) is 1.55. The number of aromatic nitrogens is 2. The third-order valence-corrected chi connectivity index (χ3v) is 2.51. The topological polar surface area (TPSA) is 82.7 Å². The molecule has 0 aliphatic rings. The molecule has 1 aromatic rings. The molecule has 0 spiro atoms. The smallest absolute Gasteiger partial charge is 0.333 e. The van der Waals surface area contributed by atoms with Crippen LogP contribution in [0.25, 0.3) is 0 Å². The number of rotatable bonds is 8. The monoisotopic (exact) mass is 271 g/mol. The highest BCUT2D eigenvalue weighted by atomic mass is 16.5. The number of nitrogens with zero attached hydrogens (tertiary/aromatic N) is 2. The zero-order valence-electron chi connectivity index (χ0n) is 11.2. The summed E-state index contributed by atoms with van der Waals surface area (Å²) in [5, 5.41) is 9.57. The summed E-state index contributed by atoms with van der Waals surface area (Å²) >= 11 is 0. The summed E-state index contributed by atoms with van der Waals surface area (Å²) in [7, 11) is 0. The van der Waals surface area contributed by atoms with Crippen LogP contribution in [0.3, 0.4) is 0 Å². The van der Waals surface area contributed by atoms with Crippen LogP contribution in [-0.4, -0.2) is 40.7 Å². The van der Waals surface area contributed by atoms with Crippen LogP contribution in [0.4, 0.5) is 0 Å². The van der Waals surface area contributed by atoms with Crippen molar-refractivity contribution in [3.8, 4) is 5.88 Å². The van der Waals surface area contributed by atoms with Crippen LogP contribution in [0, 0.1) is 6.07 Å². The lowest BCUT2D eigenvalue weighted by Crippen LogP contribution is -2.41. The Bertz CT molecular complexity index is 506. The highest BCUT2D eigenvalue weighted by Gasteiger charge is 2.10. The van der Waals surface area contributed by atoms with E-state index in [9.17, 15) is 14.7 Å². The summed E-state index contributed by atoms with van der Waals surface area (Å²) in [5.41, 5.74) is -1.24. The van der Waals surface area contributed by atoms with Gasteiger partial charge in [0, 0.05) is 13.2 Å². The van der Waals surface area contributed by atoms with Gasteiger partial charge in [-0.25, -0.2) is 4.79 Å². The van der Waals surface area contributed by atoms with Crippen molar-refractivity contribution in [1.82, 2.24) is 9.13 Å². The van der Waals surface area contributed by atoms with Crippen LogP contribution in [0.2, 0.25) is 0 Å². The maximum absolute atomic E-state index is 12.0. The number of aromatic hydroxyl groups is 1. The molecule has 0 bridgehead atoms. The zero-order chi connectivity index (χ0) is 14.3. The summed E-state index contributed by atoms with van der Waals surface area (Å²) in [4.78, 5) is 23.6. The van der Waals surface area contributed by atoms with Crippen molar-refractivity contribution >= 4 is 0 Å². The van der Waals surface area contributed by atoms with E-state index in [1.165, 1.54) is 0 Å². The average molecular weight is 271 g/mol. The van der Waals surface area contributed by atoms with Crippen molar-refractivity contribution in [1.29, 1.82) is 0 Å². The molecule has 0 saturated carbocycles. The van der Waals surface area contributed by atoms with Gasteiger partial charge in [-0.1, -0.05) is 0 Å². The van der Waals surface area contributed by atoms with Gasteiger partial charge < -0.3 is 14.6 Å². The fraction of sp³-hybridized carbons (Fsp3) is 0.667. The highest BCUT2D eigenvalue weighted by Crippen LogP contribution is 1.99. The highest BCUT2D eigenvalue weighted by molar-refractivity contribution is 5.04. The van der Waals surface area contributed by atoms with Crippen LogP contribution in [0.5, 0.6) is 5.88 Å². The second-order valence-electron chi connectivity index (χ2n) is 3.73. The summed E-state index contributed by atoms with van der Waals surface area (Å²) < 4.78 is 12.3. The largest absolute Gasteiger partial charge is 0.494 e. The van der Waals surface area contributed by atoms with Crippen LogP contribution in [0.15, 0.2) is 9.59 Å². The zero-order valence-corrected chi connectivity index (χ0v) is 11.2. The van der Waals surface area contributed by atoms with Gasteiger partial charge in [0.1, 0.15) is 6.07 Å². The van der Waals surface area contributed by atoms with Crippen molar-refractivity contribution < 1.29 is 14.6 Å². The summed E-state index contributed by atoms with van der Waals surface area (Å²) in [6.07, 6.45) is 0. The molecule has 0 atom stereocenters. The molecular weight excluding hydrogens is 252 g/mol. The van der Waals surface area contributed by atoms with Gasteiger partial charge >= 0.3 is 5.69 Å². The SMILES string of the molecule is CCOCCn1c(O)[c]c(=O)n(CCOCC)c1=O. The number of ether oxygens (including phenoxy) is 2. The first-order valence-corrected chi connectivity index (χ1v) is 6.23. The van der Waals surface area contributed by atoms with E-state index in [-0.39, 0.29) is 26.3 Å². The first-order chi connectivity index (χ1) is 9.11. The molecule has 0 aliphatic heterocycles. The van der Waals surface area contributed by atoms with Gasteiger partial charge in [0.15, 0.2) is 0 Å². The Labute approximate surface area is 111 Å². The van der Waals surface area contributed by atoms with E-state index < -0.39 is 17.1 Å². The Balaban J connectivity index is 2.95. The van der Waals surface area contributed by atoms with Gasteiger partial charge in [-0.3, -0.25) is 13.9 Å². The van der Waals surface area contributed by atoms with Gasteiger partial charge in [-0.05, 0) is 13.8 Å². The molecule has 7 nitrogen and oxygen atoms in total. The summed E-state index contributed by atoms with van der Waals surface area (Å²) in [5.74, 6) is -0.470. The standard InChI is InChI=1S/C12H19N2O5/c1-3-18-7-5-13-10(15)9-11(16)14(12(13)17)6-8-19-4-2/h15H,3-8H2,1-2H3. The predicted molar refractivity (Wildman–Crippen MR) is 68.4 cm³/mol. The average Bonchev–Trinajstić information content (AvgIpc) is 2.37. The van der Waals surface area contributed by atoms with Crippen LogP contribution < -0.4 is 11.2 Å². The first-order valence-electron chi connectivity index (χ1n) is 6.23. The Morgan fingerprint density at radius 2 is 1.58 bits per heavy atom. The lowest BCUT2D eigenvalue weighted by molar-refractivity contribution is 0.130. The minimum absolute atomic E-state index is 0.136. The van der Waals surface area contributed by atoms with Crippen molar-refractivity contribution in [2.75, 3.05) is 26.4 Å².